The monoisotopic (exact) mass is 301 g/mol. The Bertz CT molecular complexity index is 265. The average molecular weight is 301 g/mol. The third kappa shape index (κ3) is 7.59. The number of nitrogens with one attached hydrogen (secondary N) is 1. The highest BCUT2D eigenvalue weighted by atomic mass is 16.5. The number of hydrogen-bond acceptors (Lipinski definition) is 4. The molecule has 0 spiro atoms. The summed E-state index contributed by atoms with van der Waals surface area (Å²) >= 11 is 0. The molecule has 2 unspecified atom stereocenters. The fourth-order valence-electron chi connectivity index (χ4n) is 3.26. The topological polar surface area (TPSA) is 61.7 Å². The Morgan fingerprint density at radius 3 is 2.38 bits per heavy atom. The highest BCUT2D eigenvalue weighted by molar-refractivity contribution is 4.84. The van der Waals surface area contributed by atoms with Gasteiger partial charge in [0, 0.05) is 25.1 Å². The summed E-state index contributed by atoms with van der Waals surface area (Å²) in [5.74, 6) is 0.617. The lowest BCUT2D eigenvalue weighted by molar-refractivity contribution is -0.0105. The molecule has 4 heteroatoms. The number of ether oxygens (including phenoxy) is 1. The molecule has 3 N–H and O–H groups in total. The average Bonchev–Trinajstić information content (AvgIpc) is 2.45. The number of aliphatic hydroxyl groups excluding tert-OH is 2. The molecule has 0 radical (unpaired) electrons. The molecule has 0 aromatic heterocycles. The summed E-state index contributed by atoms with van der Waals surface area (Å²) < 4.78 is 5.67. The van der Waals surface area contributed by atoms with Gasteiger partial charge in [-0.2, -0.15) is 0 Å². The fraction of sp³-hybridized carbons (Fsp3) is 1.00. The summed E-state index contributed by atoms with van der Waals surface area (Å²) in [5, 5.41) is 22.9. The van der Waals surface area contributed by atoms with Crippen LogP contribution in [0.15, 0.2) is 0 Å². The van der Waals surface area contributed by atoms with Crippen LogP contribution >= 0.6 is 0 Å². The van der Waals surface area contributed by atoms with Gasteiger partial charge < -0.3 is 20.3 Å². The molecular formula is C17H35NO3. The van der Waals surface area contributed by atoms with Crippen molar-refractivity contribution in [1.82, 2.24) is 5.32 Å². The largest absolute Gasteiger partial charge is 0.396 e. The first kappa shape index (κ1) is 18.9. The minimum Gasteiger partial charge on any atom is -0.396 e. The van der Waals surface area contributed by atoms with Crippen molar-refractivity contribution < 1.29 is 14.9 Å². The predicted octanol–water partition coefficient (Wildman–Crippen LogP) is 2.33. The van der Waals surface area contributed by atoms with Gasteiger partial charge in [0.05, 0.1) is 18.8 Å². The second-order valence-corrected chi connectivity index (χ2v) is 7.28. The third-order valence-corrected chi connectivity index (χ3v) is 4.51. The molecule has 0 aliphatic heterocycles. The second kappa shape index (κ2) is 9.78. The number of hydrogen-bond donors (Lipinski definition) is 3. The molecule has 1 aliphatic rings. The van der Waals surface area contributed by atoms with Crippen molar-refractivity contribution >= 4 is 0 Å². The van der Waals surface area contributed by atoms with Crippen LogP contribution in [0, 0.1) is 11.3 Å². The predicted molar refractivity (Wildman–Crippen MR) is 86.3 cm³/mol. The maximum Gasteiger partial charge on any atom is 0.0897 e. The molecule has 0 saturated heterocycles. The van der Waals surface area contributed by atoms with Gasteiger partial charge in [0.25, 0.3) is 0 Å². The molecule has 0 heterocycles. The van der Waals surface area contributed by atoms with Gasteiger partial charge in [0.1, 0.15) is 0 Å². The van der Waals surface area contributed by atoms with Crippen LogP contribution in [0.2, 0.25) is 0 Å². The molecule has 126 valence electrons. The summed E-state index contributed by atoms with van der Waals surface area (Å²) in [6.07, 6.45) is 6.63. The molecule has 1 saturated carbocycles. The summed E-state index contributed by atoms with van der Waals surface area (Å²) in [4.78, 5) is 0. The van der Waals surface area contributed by atoms with E-state index in [1.807, 2.05) is 0 Å². The van der Waals surface area contributed by atoms with Gasteiger partial charge in [0.2, 0.25) is 0 Å². The number of aliphatic hydroxyl groups is 2. The summed E-state index contributed by atoms with van der Waals surface area (Å²) in [5.41, 5.74) is 0.0315. The van der Waals surface area contributed by atoms with Crippen LogP contribution in [0.4, 0.5) is 0 Å². The second-order valence-electron chi connectivity index (χ2n) is 7.28. The van der Waals surface area contributed by atoms with Gasteiger partial charge in [-0.1, -0.05) is 33.1 Å². The van der Waals surface area contributed by atoms with Gasteiger partial charge >= 0.3 is 0 Å². The fourth-order valence-corrected chi connectivity index (χ4v) is 3.26. The van der Waals surface area contributed by atoms with Crippen molar-refractivity contribution in [2.24, 2.45) is 11.3 Å². The maximum atomic E-state index is 9.97. The van der Waals surface area contributed by atoms with E-state index in [1.54, 1.807) is 0 Å². The van der Waals surface area contributed by atoms with E-state index in [2.05, 4.69) is 26.1 Å². The van der Waals surface area contributed by atoms with Crippen LogP contribution in [-0.4, -0.2) is 48.7 Å². The first-order chi connectivity index (χ1) is 9.97. The van der Waals surface area contributed by atoms with Gasteiger partial charge in [-0.15, -0.1) is 0 Å². The standard InChI is InChI=1S/C17H35NO3/c1-14(2)9-15(3)21-11-16(20)10-18-12-17(13-19)7-5-4-6-8-17/h14-16,18-20H,4-13H2,1-3H3. The first-order valence-corrected chi connectivity index (χ1v) is 8.59. The van der Waals surface area contributed by atoms with Crippen LogP contribution < -0.4 is 5.32 Å². The maximum absolute atomic E-state index is 9.97. The lowest BCUT2D eigenvalue weighted by Gasteiger charge is -2.36. The smallest absolute Gasteiger partial charge is 0.0897 e. The van der Waals surface area contributed by atoms with Crippen molar-refractivity contribution in [3.8, 4) is 0 Å². The Hall–Kier alpha value is -0.160. The van der Waals surface area contributed by atoms with Gasteiger partial charge in [0.15, 0.2) is 0 Å². The van der Waals surface area contributed by atoms with Gasteiger partial charge in [-0.05, 0) is 32.1 Å². The van der Waals surface area contributed by atoms with E-state index in [0.29, 0.717) is 19.1 Å². The van der Waals surface area contributed by atoms with Crippen LogP contribution in [0.3, 0.4) is 0 Å². The highest BCUT2D eigenvalue weighted by Gasteiger charge is 2.30. The lowest BCUT2D eigenvalue weighted by atomic mass is 9.74. The van der Waals surface area contributed by atoms with Crippen LogP contribution in [-0.2, 0) is 4.74 Å². The molecule has 0 aromatic carbocycles. The van der Waals surface area contributed by atoms with E-state index >= 15 is 0 Å². The summed E-state index contributed by atoms with van der Waals surface area (Å²) in [6.45, 7) is 8.37. The normalized spacial score (nSPS) is 21.4. The zero-order valence-corrected chi connectivity index (χ0v) is 14.1. The van der Waals surface area contributed by atoms with E-state index < -0.39 is 6.10 Å². The highest BCUT2D eigenvalue weighted by Crippen LogP contribution is 2.35. The van der Waals surface area contributed by atoms with Crippen molar-refractivity contribution in [2.75, 3.05) is 26.3 Å². The van der Waals surface area contributed by atoms with Crippen molar-refractivity contribution in [1.29, 1.82) is 0 Å². The lowest BCUT2D eigenvalue weighted by Crippen LogP contribution is -2.42. The van der Waals surface area contributed by atoms with E-state index in [-0.39, 0.29) is 18.1 Å². The zero-order valence-electron chi connectivity index (χ0n) is 14.1. The summed E-state index contributed by atoms with van der Waals surface area (Å²) in [6, 6.07) is 0. The molecule has 4 nitrogen and oxygen atoms in total. The van der Waals surface area contributed by atoms with Gasteiger partial charge in [-0.3, -0.25) is 0 Å². The van der Waals surface area contributed by atoms with Crippen LogP contribution in [0.5, 0.6) is 0 Å². The van der Waals surface area contributed by atoms with Crippen LogP contribution in [0.1, 0.15) is 59.3 Å². The zero-order chi connectivity index (χ0) is 15.7. The van der Waals surface area contributed by atoms with E-state index in [4.69, 9.17) is 4.74 Å². The van der Waals surface area contributed by atoms with Gasteiger partial charge in [-0.25, -0.2) is 0 Å². The first-order valence-electron chi connectivity index (χ1n) is 8.59. The summed E-state index contributed by atoms with van der Waals surface area (Å²) in [7, 11) is 0. The molecule has 0 amide bonds. The molecule has 2 atom stereocenters. The molecule has 1 fully saturated rings. The Balaban J connectivity index is 2.16. The minimum atomic E-state index is -0.473. The van der Waals surface area contributed by atoms with E-state index in [9.17, 15) is 10.2 Å². The van der Waals surface area contributed by atoms with E-state index in [0.717, 1.165) is 25.8 Å². The Labute approximate surface area is 130 Å². The quantitative estimate of drug-likeness (QED) is 0.579. The van der Waals surface area contributed by atoms with Crippen molar-refractivity contribution in [3.05, 3.63) is 0 Å². The van der Waals surface area contributed by atoms with Crippen LogP contribution in [0.25, 0.3) is 0 Å². The molecule has 0 bridgehead atoms. The van der Waals surface area contributed by atoms with E-state index in [1.165, 1.54) is 19.3 Å². The molecule has 0 aromatic rings. The van der Waals surface area contributed by atoms with Crippen molar-refractivity contribution in [3.63, 3.8) is 0 Å². The third-order valence-electron chi connectivity index (χ3n) is 4.51. The number of rotatable bonds is 10. The Morgan fingerprint density at radius 1 is 1.14 bits per heavy atom. The molecule has 1 rings (SSSR count). The minimum absolute atomic E-state index is 0.0315. The van der Waals surface area contributed by atoms with Crippen molar-refractivity contribution in [2.45, 2.75) is 71.5 Å². The SMILES string of the molecule is CC(C)CC(C)OCC(O)CNCC1(CO)CCCCC1. The Kier molecular flexibility index (Phi) is 8.79. The molecule has 1 aliphatic carbocycles. The Morgan fingerprint density at radius 2 is 1.81 bits per heavy atom. The molecular weight excluding hydrogens is 266 g/mol. The molecule has 21 heavy (non-hydrogen) atoms.